The Morgan fingerprint density at radius 1 is 1.12 bits per heavy atom. The van der Waals surface area contributed by atoms with E-state index in [4.69, 9.17) is 9.47 Å². The molecule has 128 valence electrons. The number of aromatic nitrogens is 2. The molecule has 0 spiro atoms. The van der Waals surface area contributed by atoms with Crippen LogP contribution in [0.1, 0.15) is 17.5 Å². The molecule has 25 heavy (non-hydrogen) atoms. The van der Waals surface area contributed by atoms with Crippen molar-refractivity contribution in [1.29, 1.82) is 0 Å². The molecule has 0 aliphatic heterocycles. The Labute approximate surface area is 147 Å². The molecule has 0 saturated heterocycles. The number of anilines is 2. The average Bonchev–Trinajstić information content (AvgIpc) is 3.19. The third-order valence-corrected chi connectivity index (χ3v) is 4.38. The summed E-state index contributed by atoms with van der Waals surface area (Å²) < 4.78 is 10.9. The van der Waals surface area contributed by atoms with Gasteiger partial charge in [0.15, 0.2) is 5.82 Å². The van der Waals surface area contributed by atoms with E-state index in [0.29, 0.717) is 6.61 Å². The molecule has 0 radical (unpaired) electrons. The van der Waals surface area contributed by atoms with Gasteiger partial charge in [-0.2, -0.15) is 5.10 Å². The van der Waals surface area contributed by atoms with Gasteiger partial charge in [0.25, 0.3) is 0 Å². The molecule has 0 fully saturated rings. The van der Waals surface area contributed by atoms with E-state index in [1.54, 1.807) is 7.11 Å². The highest BCUT2D eigenvalue weighted by molar-refractivity contribution is 5.80. The topological polar surface area (TPSA) is 59.2 Å². The SMILES string of the molecule is COCCCOc1ccc2c(c1)Cc1c(Nc3ccccc3)n[nH]c1-2. The number of nitrogens with one attached hydrogen (secondary N) is 2. The van der Waals surface area contributed by atoms with Gasteiger partial charge in [-0.15, -0.1) is 0 Å². The first-order chi connectivity index (χ1) is 12.3. The van der Waals surface area contributed by atoms with E-state index in [2.05, 4.69) is 27.6 Å². The number of hydrogen-bond donors (Lipinski definition) is 2. The van der Waals surface area contributed by atoms with Crippen LogP contribution in [0.2, 0.25) is 0 Å². The van der Waals surface area contributed by atoms with Crippen molar-refractivity contribution in [1.82, 2.24) is 10.2 Å². The lowest BCUT2D eigenvalue weighted by molar-refractivity contribution is 0.172. The van der Waals surface area contributed by atoms with Crippen LogP contribution in [0.5, 0.6) is 5.75 Å². The van der Waals surface area contributed by atoms with E-state index >= 15 is 0 Å². The smallest absolute Gasteiger partial charge is 0.156 e. The number of nitrogens with zero attached hydrogens (tertiary/aromatic N) is 1. The van der Waals surface area contributed by atoms with Gasteiger partial charge in [0, 0.05) is 43.4 Å². The lowest BCUT2D eigenvalue weighted by atomic mass is 10.1. The highest BCUT2D eigenvalue weighted by Gasteiger charge is 2.25. The van der Waals surface area contributed by atoms with Crippen molar-refractivity contribution in [2.75, 3.05) is 25.6 Å². The maximum Gasteiger partial charge on any atom is 0.156 e. The number of methoxy groups -OCH3 is 1. The lowest BCUT2D eigenvalue weighted by Gasteiger charge is -2.08. The second kappa shape index (κ2) is 6.99. The zero-order valence-corrected chi connectivity index (χ0v) is 14.2. The summed E-state index contributed by atoms with van der Waals surface area (Å²) in [5.41, 5.74) is 5.81. The van der Waals surface area contributed by atoms with Crippen molar-refractivity contribution < 1.29 is 9.47 Å². The Morgan fingerprint density at radius 3 is 2.84 bits per heavy atom. The van der Waals surface area contributed by atoms with Gasteiger partial charge in [-0.3, -0.25) is 5.10 Å². The Hall–Kier alpha value is -2.79. The molecule has 0 amide bonds. The van der Waals surface area contributed by atoms with Crippen LogP contribution in [0.4, 0.5) is 11.5 Å². The van der Waals surface area contributed by atoms with Crippen LogP contribution in [0.25, 0.3) is 11.3 Å². The summed E-state index contributed by atoms with van der Waals surface area (Å²) in [5, 5.41) is 11.0. The fourth-order valence-electron chi connectivity index (χ4n) is 3.16. The molecule has 4 rings (SSSR count). The fourth-order valence-corrected chi connectivity index (χ4v) is 3.16. The summed E-state index contributed by atoms with van der Waals surface area (Å²) >= 11 is 0. The van der Waals surface area contributed by atoms with Crippen molar-refractivity contribution in [2.45, 2.75) is 12.8 Å². The van der Waals surface area contributed by atoms with E-state index in [1.165, 1.54) is 16.7 Å². The molecule has 3 aromatic rings. The first-order valence-corrected chi connectivity index (χ1v) is 8.49. The molecule has 2 N–H and O–H groups in total. The minimum Gasteiger partial charge on any atom is -0.493 e. The van der Waals surface area contributed by atoms with Gasteiger partial charge < -0.3 is 14.8 Å². The summed E-state index contributed by atoms with van der Waals surface area (Å²) in [4.78, 5) is 0. The Bertz CT molecular complexity index is 859. The van der Waals surface area contributed by atoms with Crippen molar-refractivity contribution in [3.63, 3.8) is 0 Å². The fraction of sp³-hybridized carbons (Fsp3) is 0.250. The van der Waals surface area contributed by atoms with Gasteiger partial charge in [-0.1, -0.05) is 18.2 Å². The van der Waals surface area contributed by atoms with Gasteiger partial charge >= 0.3 is 0 Å². The zero-order valence-electron chi connectivity index (χ0n) is 14.2. The standard InChI is InChI=1S/C20H21N3O2/c1-24-10-5-11-25-16-8-9-17-14(12-16)13-18-19(17)22-23-20(18)21-15-6-3-2-4-7-15/h2-4,6-9,12H,5,10-11,13H2,1H3,(H2,21,22,23). The summed E-state index contributed by atoms with van der Waals surface area (Å²) in [6, 6.07) is 16.4. The Balaban J connectivity index is 1.50. The first kappa shape index (κ1) is 15.7. The number of fused-ring (bicyclic) bond motifs is 3. The van der Waals surface area contributed by atoms with Crippen LogP contribution in [-0.2, 0) is 11.2 Å². The van der Waals surface area contributed by atoms with Crippen molar-refractivity contribution in [3.8, 4) is 17.0 Å². The molecule has 1 aliphatic rings. The molecule has 1 aromatic heterocycles. The number of H-pyrrole nitrogens is 1. The molecule has 0 bridgehead atoms. The van der Waals surface area contributed by atoms with Crippen LogP contribution in [0, 0.1) is 0 Å². The van der Waals surface area contributed by atoms with Gasteiger partial charge in [0.2, 0.25) is 0 Å². The monoisotopic (exact) mass is 335 g/mol. The molecule has 1 heterocycles. The second-order valence-electron chi connectivity index (χ2n) is 6.11. The lowest BCUT2D eigenvalue weighted by Crippen LogP contribution is -2.01. The number of para-hydroxylation sites is 1. The third-order valence-electron chi connectivity index (χ3n) is 4.38. The summed E-state index contributed by atoms with van der Waals surface area (Å²) in [5.74, 6) is 1.80. The average molecular weight is 335 g/mol. The highest BCUT2D eigenvalue weighted by Crippen LogP contribution is 2.40. The van der Waals surface area contributed by atoms with Crippen molar-refractivity contribution in [3.05, 3.63) is 59.7 Å². The van der Waals surface area contributed by atoms with Crippen LogP contribution < -0.4 is 10.1 Å². The predicted molar refractivity (Wildman–Crippen MR) is 98.5 cm³/mol. The molecule has 2 aromatic carbocycles. The molecule has 1 aliphatic carbocycles. The van der Waals surface area contributed by atoms with Crippen LogP contribution in [-0.4, -0.2) is 30.5 Å². The number of aromatic amines is 1. The van der Waals surface area contributed by atoms with Crippen LogP contribution >= 0.6 is 0 Å². The molecule has 0 saturated carbocycles. The Kier molecular flexibility index (Phi) is 4.39. The quantitative estimate of drug-likeness (QED) is 0.498. The van der Waals surface area contributed by atoms with Gasteiger partial charge in [-0.05, 0) is 35.9 Å². The number of hydrogen-bond acceptors (Lipinski definition) is 4. The van der Waals surface area contributed by atoms with Gasteiger partial charge in [0.1, 0.15) is 5.75 Å². The molecule has 5 heteroatoms. The van der Waals surface area contributed by atoms with E-state index < -0.39 is 0 Å². The third kappa shape index (κ3) is 3.23. The Morgan fingerprint density at radius 2 is 2.00 bits per heavy atom. The maximum absolute atomic E-state index is 5.81. The van der Waals surface area contributed by atoms with Crippen LogP contribution in [0.15, 0.2) is 48.5 Å². The first-order valence-electron chi connectivity index (χ1n) is 8.49. The molecular formula is C20H21N3O2. The summed E-state index contributed by atoms with van der Waals surface area (Å²) in [7, 11) is 1.71. The second-order valence-corrected chi connectivity index (χ2v) is 6.11. The number of benzene rings is 2. The largest absolute Gasteiger partial charge is 0.493 e. The summed E-state index contributed by atoms with van der Waals surface area (Å²) in [6.45, 7) is 1.38. The molecular weight excluding hydrogens is 314 g/mol. The highest BCUT2D eigenvalue weighted by atomic mass is 16.5. The predicted octanol–water partition coefficient (Wildman–Crippen LogP) is 4.14. The van der Waals surface area contributed by atoms with Gasteiger partial charge in [0.05, 0.1) is 12.3 Å². The van der Waals surface area contributed by atoms with Gasteiger partial charge in [-0.25, -0.2) is 0 Å². The molecule has 5 nitrogen and oxygen atoms in total. The molecule has 0 atom stereocenters. The van der Waals surface area contributed by atoms with E-state index in [0.717, 1.165) is 42.4 Å². The zero-order chi connectivity index (χ0) is 17.1. The normalized spacial score (nSPS) is 11.9. The molecule has 0 unspecified atom stereocenters. The number of rotatable bonds is 7. The van der Waals surface area contributed by atoms with E-state index in [1.807, 2.05) is 36.4 Å². The minimum absolute atomic E-state index is 0.667. The van der Waals surface area contributed by atoms with E-state index in [9.17, 15) is 0 Å². The summed E-state index contributed by atoms with van der Waals surface area (Å²) in [6.07, 6.45) is 1.74. The van der Waals surface area contributed by atoms with Crippen molar-refractivity contribution >= 4 is 11.5 Å². The number of ether oxygens (including phenoxy) is 2. The minimum atomic E-state index is 0.667. The maximum atomic E-state index is 5.81. The van der Waals surface area contributed by atoms with E-state index in [-0.39, 0.29) is 0 Å². The van der Waals surface area contributed by atoms with Crippen LogP contribution in [0.3, 0.4) is 0 Å². The van der Waals surface area contributed by atoms with Crippen molar-refractivity contribution in [2.24, 2.45) is 0 Å².